The first-order valence-electron chi connectivity index (χ1n) is 4.25. The van der Waals surface area contributed by atoms with Crippen LogP contribution in [0.1, 0.15) is 5.69 Å². The summed E-state index contributed by atoms with van der Waals surface area (Å²) >= 11 is 11.5. The minimum Gasteiger partial charge on any atom is -0.219 e. The first kappa shape index (κ1) is 10.5. The van der Waals surface area contributed by atoms with Crippen molar-refractivity contribution >= 4 is 23.2 Å². The molecule has 0 aliphatic heterocycles. The lowest BCUT2D eigenvalue weighted by Crippen LogP contribution is -1.99. The van der Waals surface area contributed by atoms with Gasteiger partial charge in [0.25, 0.3) is 0 Å². The molecule has 0 spiro atoms. The van der Waals surface area contributed by atoms with E-state index in [9.17, 15) is 4.39 Å². The van der Waals surface area contributed by atoms with E-state index < -0.39 is 5.82 Å². The fraction of sp³-hybridized carbons (Fsp3) is 0.100. The van der Waals surface area contributed by atoms with E-state index in [1.807, 2.05) is 0 Å². The highest BCUT2D eigenvalue weighted by Crippen LogP contribution is 2.22. The first-order valence-corrected chi connectivity index (χ1v) is 5.01. The second-order valence-corrected chi connectivity index (χ2v) is 3.94. The van der Waals surface area contributed by atoms with E-state index in [2.05, 4.69) is 5.10 Å². The summed E-state index contributed by atoms with van der Waals surface area (Å²) < 4.78 is 14.9. The first-order chi connectivity index (χ1) is 7.08. The van der Waals surface area contributed by atoms with Gasteiger partial charge in [-0.05, 0) is 31.2 Å². The summed E-state index contributed by atoms with van der Waals surface area (Å²) in [7, 11) is 0. The Labute approximate surface area is 96.2 Å². The van der Waals surface area contributed by atoms with Crippen LogP contribution >= 0.6 is 23.2 Å². The quantitative estimate of drug-likeness (QED) is 0.750. The van der Waals surface area contributed by atoms with Crippen LogP contribution in [0.2, 0.25) is 10.2 Å². The van der Waals surface area contributed by atoms with E-state index in [4.69, 9.17) is 23.2 Å². The molecule has 2 aromatic rings. The van der Waals surface area contributed by atoms with E-state index in [-0.39, 0.29) is 5.69 Å². The fourth-order valence-electron chi connectivity index (χ4n) is 1.29. The average Bonchev–Trinajstić information content (AvgIpc) is 2.45. The molecule has 0 radical (unpaired) electrons. The summed E-state index contributed by atoms with van der Waals surface area (Å²) in [6.07, 6.45) is 0. The van der Waals surface area contributed by atoms with Crippen LogP contribution in [0.15, 0.2) is 24.3 Å². The van der Waals surface area contributed by atoms with Crippen LogP contribution in [0.5, 0.6) is 0 Å². The zero-order valence-corrected chi connectivity index (χ0v) is 9.35. The molecule has 78 valence electrons. The molecule has 5 heteroatoms. The lowest BCUT2D eigenvalue weighted by molar-refractivity contribution is 0.610. The van der Waals surface area contributed by atoms with Gasteiger partial charge >= 0.3 is 0 Å². The Morgan fingerprint density at radius 3 is 2.53 bits per heavy atom. The second-order valence-electron chi connectivity index (χ2n) is 3.12. The van der Waals surface area contributed by atoms with Gasteiger partial charge in [-0.25, -0.2) is 9.07 Å². The number of aryl methyl sites for hydroxylation is 1. The van der Waals surface area contributed by atoms with Crippen molar-refractivity contribution in [1.29, 1.82) is 0 Å². The fourth-order valence-corrected chi connectivity index (χ4v) is 1.74. The van der Waals surface area contributed by atoms with Crippen molar-refractivity contribution in [3.05, 3.63) is 46.0 Å². The van der Waals surface area contributed by atoms with Gasteiger partial charge in [0.2, 0.25) is 0 Å². The Morgan fingerprint density at radius 1 is 1.27 bits per heavy atom. The zero-order chi connectivity index (χ0) is 11.0. The van der Waals surface area contributed by atoms with Crippen LogP contribution in [0.3, 0.4) is 0 Å². The Kier molecular flexibility index (Phi) is 2.67. The normalized spacial score (nSPS) is 10.7. The van der Waals surface area contributed by atoms with Gasteiger partial charge in [-0.2, -0.15) is 5.10 Å². The lowest BCUT2D eigenvalue weighted by atomic mass is 10.3. The van der Waals surface area contributed by atoms with Crippen molar-refractivity contribution in [2.75, 3.05) is 0 Å². The maximum absolute atomic E-state index is 13.5. The van der Waals surface area contributed by atoms with Gasteiger partial charge in [-0.15, -0.1) is 0 Å². The molecule has 0 aliphatic carbocycles. The topological polar surface area (TPSA) is 17.8 Å². The molecule has 0 saturated carbocycles. The molecule has 0 aliphatic rings. The smallest absolute Gasteiger partial charge is 0.150 e. The molecule has 1 aromatic heterocycles. The minimum atomic E-state index is -0.451. The van der Waals surface area contributed by atoms with Gasteiger partial charge in [0.15, 0.2) is 0 Å². The van der Waals surface area contributed by atoms with Gasteiger partial charge in [-0.3, -0.25) is 0 Å². The molecule has 1 heterocycles. The molecule has 15 heavy (non-hydrogen) atoms. The van der Waals surface area contributed by atoms with Crippen LogP contribution in [0.25, 0.3) is 5.69 Å². The number of hydrogen-bond acceptors (Lipinski definition) is 1. The molecular weight excluding hydrogens is 238 g/mol. The van der Waals surface area contributed by atoms with Gasteiger partial charge < -0.3 is 0 Å². The highest BCUT2D eigenvalue weighted by molar-refractivity contribution is 6.30. The van der Waals surface area contributed by atoms with Crippen LogP contribution in [0, 0.1) is 12.7 Å². The van der Waals surface area contributed by atoms with Crippen LogP contribution in [-0.2, 0) is 0 Å². The van der Waals surface area contributed by atoms with Gasteiger partial charge in [0.05, 0.1) is 5.69 Å². The molecule has 0 bridgehead atoms. The lowest BCUT2D eigenvalue weighted by Gasteiger charge is -2.04. The Hall–Kier alpha value is -1.06. The number of halogens is 3. The summed E-state index contributed by atoms with van der Waals surface area (Å²) in [5.41, 5.74) is 1.02. The predicted octanol–water partition coefficient (Wildman–Crippen LogP) is 3.63. The van der Waals surface area contributed by atoms with Crippen LogP contribution < -0.4 is 0 Å². The molecule has 0 N–H and O–H groups in total. The maximum atomic E-state index is 13.5. The van der Waals surface area contributed by atoms with E-state index in [0.717, 1.165) is 5.69 Å². The molecule has 0 saturated heterocycles. The summed E-state index contributed by atoms with van der Waals surface area (Å²) in [5.74, 6) is -0.451. The van der Waals surface area contributed by atoms with Crippen LogP contribution in [0.4, 0.5) is 4.39 Å². The van der Waals surface area contributed by atoms with E-state index >= 15 is 0 Å². The Bertz CT molecular complexity index is 508. The summed E-state index contributed by atoms with van der Waals surface area (Å²) in [6, 6.07) is 6.02. The highest BCUT2D eigenvalue weighted by atomic mass is 35.5. The number of hydrogen-bond donors (Lipinski definition) is 0. The number of rotatable bonds is 1. The van der Waals surface area contributed by atoms with Crippen molar-refractivity contribution in [2.45, 2.75) is 6.92 Å². The third-order valence-electron chi connectivity index (χ3n) is 1.93. The minimum absolute atomic E-state index is 0.289. The van der Waals surface area contributed by atoms with Crippen LogP contribution in [-0.4, -0.2) is 9.78 Å². The standard InChI is InChI=1S/C10H7Cl2FN2/c1-6-4-10(12)15(14-6)9-3-2-7(11)5-8(9)13/h2-5H,1H3. The Balaban J connectivity index is 2.59. The van der Waals surface area contributed by atoms with Gasteiger partial charge in [-0.1, -0.05) is 23.2 Å². The average molecular weight is 245 g/mol. The van der Waals surface area contributed by atoms with E-state index in [1.54, 1.807) is 19.1 Å². The SMILES string of the molecule is Cc1cc(Cl)n(-c2ccc(Cl)cc2F)n1. The summed E-state index contributed by atoms with van der Waals surface area (Å²) in [4.78, 5) is 0. The van der Waals surface area contributed by atoms with Gasteiger partial charge in [0.1, 0.15) is 16.7 Å². The largest absolute Gasteiger partial charge is 0.219 e. The molecular formula is C10H7Cl2FN2. The monoisotopic (exact) mass is 244 g/mol. The highest BCUT2D eigenvalue weighted by Gasteiger charge is 2.10. The van der Waals surface area contributed by atoms with Gasteiger partial charge in [0, 0.05) is 5.02 Å². The molecule has 2 nitrogen and oxygen atoms in total. The third kappa shape index (κ3) is 1.98. The molecule has 0 unspecified atom stereocenters. The summed E-state index contributed by atoms with van der Waals surface area (Å²) in [6.45, 7) is 1.79. The van der Waals surface area contributed by atoms with Crippen molar-refractivity contribution in [3.8, 4) is 5.69 Å². The second kappa shape index (κ2) is 3.83. The third-order valence-corrected chi connectivity index (χ3v) is 2.43. The van der Waals surface area contributed by atoms with Crippen molar-refractivity contribution < 1.29 is 4.39 Å². The maximum Gasteiger partial charge on any atom is 0.150 e. The molecule has 1 aromatic carbocycles. The van der Waals surface area contributed by atoms with Crippen molar-refractivity contribution in [3.63, 3.8) is 0 Å². The molecule has 0 atom stereocenters. The molecule has 2 rings (SSSR count). The van der Waals surface area contributed by atoms with E-state index in [1.165, 1.54) is 16.8 Å². The van der Waals surface area contributed by atoms with Crippen molar-refractivity contribution in [1.82, 2.24) is 9.78 Å². The zero-order valence-electron chi connectivity index (χ0n) is 7.84. The summed E-state index contributed by atoms with van der Waals surface area (Å²) in [5, 5.41) is 4.79. The van der Waals surface area contributed by atoms with Crippen molar-refractivity contribution in [2.24, 2.45) is 0 Å². The number of nitrogens with zero attached hydrogens (tertiary/aromatic N) is 2. The Morgan fingerprint density at radius 2 is 2.00 bits per heavy atom. The predicted molar refractivity (Wildman–Crippen MR) is 58.3 cm³/mol. The van der Waals surface area contributed by atoms with E-state index in [0.29, 0.717) is 10.2 Å². The molecule has 0 amide bonds. The number of benzene rings is 1. The number of aromatic nitrogens is 2. The molecule has 0 fully saturated rings.